The van der Waals surface area contributed by atoms with Crippen LogP contribution in [0.1, 0.15) is 35.0 Å². The molecule has 1 fully saturated rings. The largest absolute Gasteiger partial charge is 0.477 e. The van der Waals surface area contributed by atoms with Crippen molar-refractivity contribution in [3.8, 4) is 0 Å². The van der Waals surface area contributed by atoms with E-state index in [1.807, 2.05) is 6.92 Å². The van der Waals surface area contributed by atoms with E-state index < -0.39 is 16.0 Å². The van der Waals surface area contributed by atoms with Crippen LogP contribution >= 0.6 is 11.3 Å². The molecule has 1 unspecified atom stereocenters. The number of likely N-dealkylation sites (N-methyl/N-ethyl adjacent to an activating group) is 1. The van der Waals surface area contributed by atoms with Crippen LogP contribution in [-0.2, 0) is 10.0 Å². The van der Waals surface area contributed by atoms with Crippen molar-refractivity contribution in [2.75, 3.05) is 19.6 Å². The summed E-state index contributed by atoms with van der Waals surface area (Å²) in [7, 11) is -3.80. The molecular formula is C13H20N2O4S2. The lowest BCUT2D eigenvalue weighted by atomic mass is 10.1. The van der Waals surface area contributed by atoms with Crippen molar-refractivity contribution in [3.63, 3.8) is 0 Å². The summed E-state index contributed by atoms with van der Waals surface area (Å²) in [6.07, 6.45) is 1.72. The smallest absolute Gasteiger partial charge is 0.347 e. The summed E-state index contributed by atoms with van der Waals surface area (Å²) >= 11 is 0.949. The molecule has 0 saturated carbocycles. The van der Waals surface area contributed by atoms with Crippen LogP contribution in [0.3, 0.4) is 0 Å². The third-order valence-corrected chi connectivity index (χ3v) is 6.58. The Morgan fingerprint density at radius 1 is 1.57 bits per heavy atom. The van der Waals surface area contributed by atoms with E-state index >= 15 is 0 Å². The van der Waals surface area contributed by atoms with Crippen LogP contribution < -0.4 is 4.72 Å². The fourth-order valence-corrected chi connectivity index (χ4v) is 5.52. The Morgan fingerprint density at radius 2 is 2.29 bits per heavy atom. The first-order valence-corrected chi connectivity index (χ1v) is 9.27. The molecule has 1 aromatic rings. The average molecular weight is 332 g/mol. The normalized spacial score (nSPS) is 20.6. The van der Waals surface area contributed by atoms with Crippen molar-refractivity contribution in [2.24, 2.45) is 0 Å². The number of aromatic carboxylic acids is 1. The molecule has 0 spiro atoms. The summed E-state index contributed by atoms with van der Waals surface area (Å²) in [5.41, 5.74) is 0.480. The molecule has 118 valence electrons. The van der Waals surface area contributed by atoms with Gasteiger partial charge in [-0.2, -0.15) is 0 Å². The van der Waals surface area contributed by atoms with Gasteiger partial charge in [0, 0.05) is 12.6 Å². The lowest BCUT2D eigenvalue weighted by Gasteiger charge is -2.32. The van der Waals surface area contributed by atoms with E-state index in [2.05, 4.69) is 9.62 Å². The molecular weight excluding hydrogens is 312 g/mol. The highest BCUT2D eigenvalue weighted by Crippen LogP contribution is 2.27. The molecule has 0 aromatic carbocycles. The molecule has 1 saturated heterocycles. The highest BCUT2D eigenvalue weighted by atomic mass is 32.2. The van der Waals surface area contributed by atoms with Crippen LogP contribution in [0, 0.1) is 6.92 Å². The third kappa shape index (κ3) is 3.63. The maximum atomic E-state index is 12.5. The summed E-state index contributed by atoms with van der Waals surface area (Å²) in [5.74, 6) is -1.20. The second-order valence-corrected chi connectivity index (χ2v) is 7.77. The van der Waals surface area contributed by atoms with Crippen molar-refractivity contribution < 1.29 is 18.3 Å². The number of nitrogens with zero attached hydrogens (tertiary/aromatic N) is 1. The Kier molecular flexibility index (Phi) is 5.03. The van der Waals surface area contributed by atoms with Gasteiger partial charge >= 0.3 is 5.97 Å². The molecule has 0 amide bonds. The Labute approximate surface area is 128 Å². The van der Waals surface area contributed by atoms with E-state index in [0.29, 0.717) is 12.1 Å². The Hall–Kier alpha value is -0.960. The number of hydrogen-bond donors (Lipinski definition) is 2. The first-order valence-electron chi connectivity index (χ1n) is 6.91. The number of carboxylic acids is 1. The maximum absolute atomic E-state index is 12.5. The number of likely N-dealkylation sites (tertiary alicyclic amines) is 1. The van der Waals surface area contributed by atoms with Crippen molar-refractivity contribution in [3.05, 3.63) is 15.8 Å². The highest BCUT2D eigenvalue weighted by Gasteiger charge is 2.30. The predicted molar refractivity (Wildman–Crippen MR) is 81.5 cm³/mol. The zero-order chi connectivity index (χ0) is 15.6. The van der Waals surface area contributed by atoms with Crippen LogP contribution in [-0.4, -0.2) is 50.1 Å². The number of nitrogens with one attached hydrogen (secondary N) is 1. The lowest BCUT2D eigenvalue weighted by molar-refractivity contribution is 0.0698. The van der Waals surface area contributed by atoms with Crippen LogP contribution in [0.2, 0.25) is 0 Å². The van der Waals surface area contributed by atoms with E-state index in [-0.39, 0.29) is 15.8 Å². The molecule has 1 aliphatic rings. The first kappa shape index (κ1) is 16.4. The summed E-state index contributed by atoms with van der Waals surface area (Å²) in [5, 5.41) is 10.7. The zero-order valence-corrected chi connectivity index (χ0v) is 13.8. The van der Waals surface area contributed by atoms with Gasteiger partial charge in [-0.1, -0.05) is 6.92 Å². The molecule has 8 heteroatoms. The minimum atomic E-state index is -3.80. The number of hydrogen-bond acceptors (Lipinski definition) is 5. The van der Waals surface area contributed by atoms with Gasteiger partial charge in [0.15, 0.2) is 0 Å². The van der Waals surface area contributed by atoms with Gasteiger partial charge in [0.2, 0.25) is 10.0 Å². The van der Waals surface area contributed by atoms with Crippen molar-refractivity contribution in [2.45, 2.75) is 37.6 Å². The number of piperidine rings is 1. The first-order chi connectivity index (χ1) is 9.85. The second-order valence-electron chi connectivity index (χ2n) is 5.24. The summed E-state index contributed by atoms with van der Waals surface area (Å²) in [6.45, 7) is 6.20. The second kappa shape index (κ2) is 6.43. The molecule has 2 rings (SSSR count). The van der Waals surface area contributed by atoms with E-state index in [9.17, 15) is 13.2 Å². The number of rotatable bonds is 5. The summed E-state index contributed by atoms with van der Waals surface area (Å²) < 4.78 is 27.7. The molecule has 0 bridgehead atoms. The van der Waals surface area contributed by atoms with Crippen molar-refractivity contribution >= 4 is 27.3 Å². The van der Waals surface area contributed by atoms with E-state index in [1.54, 1.807) is 12.3 Å². The van der Waals surface area contributed by atoms with Gasteiger partial charge < -0.3 is 10.0 Å². The topological polar surface area (TPSA) is 86.7 Å². The number of aryl methyl sites for hydroxylation is 1. The summed E-state index contributed by atoms with van der Waals surface area (Å²) in [4.78, 5) is 13.2. The number of carbonyl (C=O) groups is 1. The minimum Gasteiger partial charge on any atom is -0.477 e. The molecule has 1 aromatic heterocycles. The molecule has 21 heavy (non-hydrogen) atoms. The van der Waals surface area contributed by atoms with Crippen LogP contribution in [0.4, 0.5) is 0 Å². The van der Waals surface area contributed by atoms with E-state index in [0.717, 1.165) is 37.3 Å². The number of thiophene rings is 1. The molecule has 0 radical (unpaired) electrons. The van der Waals surface area contributed by atoms with Gasteiger partial charge in [-0.15, -0.1) is 11.3 Å². The van der Waals surface area contributed by atoms with Gasteiger partial charge in [0.1, 0.15) is 9.77 Å². The van der Waals surface area contributed by atoms with Gasteiger partial charge in [0.05, 0.1) is 0 Å². The van der Waals surface area contributed by atoms with Gasteiger partial charge in [0.25, 0.3) is 0 Å². The molecule has 6 nitrogen and oxygen atoms in total. The standard InChI is InChI=1S/C13H20N2O4S2/c1-3-15-6-4-5-10(7-15)14-21(18,19)12-9(2)8-20-11(12)13(16)17/h8,10,14H,3-7H2,1-2H3,(H,16,17). The fourth-order valence-electron chi connectivity index (χ4n) is 2.63. The zero-order valence-electron chi connectivity index (χ0n) is 12.1. The lowest BCUT2D eigenvalue weighted by Crippen LogP contribution is -2.47. The SMILES string of the molecule is CCN1CCCC(NS(=O)(=O)c2c(C)csc2C(=O)O)C1. The average Bonchev–Trinajstić information content (AvgIpc) is 2.81. The van der Waals surface area contributed by atoms with Crippen molar-refractivity contribution in [1.82, 2.24) is 9.62 Å². The quantitative estimate of drug-likeness (QED) is 0.854. The molecule has 0 aliphatic carbocycles. The predicted octanol–water partition coefficient (Wildman–Crippen LogP) is 1.52. The monoisotopic (exact) mass is 332 g/mol. The van der Waals surface area contributed by atoms with Crippen LogP contribution in [0.5, 0.6) is 0 Å². The Morgan fingerprint density at radius 3 is 2.90 bits per heavy atom. The van der Waals surface area contributed by atoms with Gasteiger partial charge in [-0.3, -0.25) is 0 Å². The van der Waals surface area contributed by atoms with E-state index in [1.165, 1.54) is 0 Å². The third-order valence-electron chi connectivity index (χ3n) is 3.66. The van der Waals surface area contributed by atoms with Crippen LogP contribution in [0.25, 0.3) is 0 Å². The molecule has 1 aliphatic heterocycles. The van der Waals surface area contributed by atoms with Gasteiger partial charge in [-0.25, -0.2) is 17.9 Å². The fraction of sp³-hybridized carbons (Fsp3) is 0.615. The van der Waals surface area contributed by atoms with Crippen molar-refractivity contribution in [1.29, 1.82) is 0 Å². The maximum Gasteiger partial charge on any atom is 0.347 e. The summed E-state index contributed by atoms with van der Waals surface area (Å²) in [6, 6.07) is -0.162. The molecule has 2 N–H and O–H groups in total. The number of sulfonamides is 1. The Balaban J connectivity index is 2.23. The minimum absolute atomic E-state index is 0.0892. The molecule has 2 heterocycles. The van der Waals surface area contributed by atoms with E-state index in [4.69, 9.17) is 5.11 Å². The number of carboxylic acid groups (broad SMARTS) is 1. The molecule has 1 atom stereocenters. The Bertz CT molecular complexity index is 624. The highest BCUT2D eigenvalue weighted by molar-refractivity contribution is 7.89. The van der Waals surface area contributed by atoms with Crippen LogP contribution in [0.15, 0.2) is 10.3 Å². The van der Waals surface area contributed by atoms with Gasteiger partial charge in [-0.05, 0) is 43.8 Å².